The van der Waals surface area contributed by atoms with Gasteiger partial charge in [0.05, 0.1) is 10.7 Å². The summed E-state index contributed by atoms with van der Waals surface area (Å²) < 4.78 is 0. The van der Waals surface area contributed by atoms with Gasteiger partial charge in [0.25, 0.3) is 0 Å². The first kappa shape index (κ1) is 14.0. The van der Waals surface area contributed by atoms with Crippen molar-refractivity contribution in [2.75, 3.05) is 20.1 Å². The second-order valence-corrected chi connectivity index (χ2v) is 6.45. The van der Waals surface area contributed by atoms with E-state index >= 15 is 0 Å². The van der Waals surface area contributed by atoms with Crippen LogP contribution in [0.25, 0.3) is 0 Å². The van der Waals surface area contributed by atoms with Gasteiger partial charge in [-0.15, -0.1) is 11.3 Å². The maximum Gasteiger partial charge on any atom is 0.0897 e. The van der Waals surface area contributed by atoms with Gasteiger partial charge in [0.15, 0.2) is 0 Å². The molecular weight excluding hydrogens is 242 g/mol. The predicted molar refractivity (Wildman–Crippen MR) is 78.1 cm³/mol. The molecule has 0 saturated heterocycles. The quantitative estimate of drug-likeness (QED) is 0.859. The molecule has 1 aromatic rings. The summed E-state index contributed by atoms with van der Waals surface area (Å²) in [5.41, 5.74) is 1.21. The van der Waals surface area contributed by atoms with Crippen molar-refractivity contribution in [2.24, 2.45) is 0 Å². The van der Waals surface area contributed by atoms with E-state index in [2.05, 4.69) is 34.6 Å². The van der Waals surface area contributed by atoms with Crippen molar-refractivity contribution in [3.8, 4) is 0 Å². The van der Waals surface area contributed by atoms with Gasteiger partial charge in [-0.25, -0.2) is 4.98 Å². The van der Waals surface area contributed by atoms with Crippen LogP contribution < -0.4 is 5.32 Å². The molecule has 4 heteroatoms. The lowest BCUT2D eigenvalue weighted by molar-refractivity contribution is 0.298. The highest BCUT2D eigenvalue weighted by molar-refractivity contribution is 7.09. The van der Waals surface area contributed by atoms with Crippen LogP contribution in [-0.4, -0.2) is 36.1 Å². The Morgan fingerprint density at radius 3 is 2.83 bits per heavy atom. The fourth-order valence-corrected chi connectivity index (χ4v) is 3.21. The Morgan fingerprint density at radius 1 is 1.39 bits per heavy atom. The molecule has 1 heterocycles. The molecule has 1 saturated carbocycles. The molecule has 0 aliphatic heterocycles. The number of thiazole rings is 1. The van der Waals surface area contributed by atoms with E-state index in [4.69, 9.17) is 0 Å². The van der Waals surface area contributed by atoms with Crippen LogP contribution in [0.4, 0.5) is 0 Å². The van der Waals surface area contributed by atoms with E-state index in [0.29, 0.717) is 0 Å². The zero-order valence-corrected chi connectivity index (χ0v) is 12.4. The molecule has 1 aliphatic rings. The molecule has 0 unspecified atom stereocenters. The largest absolute Gasteiger partial charge is 0.313 e. The molecule has 0 radical (unpaired) electrons. The number of aryl methyl sites for hydroxylation is 1. The van der Waals surface area contributed by atoms with Crippen molar-refractivity contribution in [3.05, 3.63) is 16.1 Å². The van der Waals surface area contributed by atoms with Gasteiger partial charge < -0.3 is 5.32 Å². The highest BCUT2D eigenvalue weighted by atomic mass is 32.1. The zero-order valence-electron chi connectivity index (χ0n) is 11.6. The van der Waals surface area contributed by atoms with Crippen molar-refractivity contribution in [3.63, 3.8) is 0 Å². The van der Waals surface area contributed by atoms with Gasteiger partial charge in [-0.2, -0.15) is 0 Å². The van der Waals surface area contributed by atoms with Crippen LogP contribution in [0.1, 0.15) is 42.8 Å². The first-order valence-electron chi connectivity index (χ1n) is 7.07. The first-order valence-corrected chi connectivity index (χ1v) is 7.95. The summed E-state index contributed by atoms with van der Waals surface area (Å²) in [5.74, 6) is 0. The van der Waals surface area contributed by atoms with E-state index in [9.17, 15) is 0 Å². The van der Waals surface area contributed by atoms with Gasteiger partial charge in [-0.05, 0) is 26.8 Å². The average Bonchev–Trinajstić information content (AvgIpc) is 2.76. The van der Waals surface area contributed by atoms with Gasteiger partial charge in [-0.3, -0.25) is 4.90 Å². The SMILES string of the molecule is Cc1nc(CN(C)CCNC2CCCCC2)cs1. The maximum atomic E-state index is 4.51. The fourth-order valence-electron chi connectivity index (χ4n) is 2.60. The van der Waals surface area contributed by atoms with E-state index in [1.54, 1.807) is 11.3 Å². The summed E-state index contributed by atoms with van der Waals surface area (Å²) in [5, 5.41) is 7.02. The Morgan fingerprint density at radius 2 is 2.17 bits per heavy atom. The molecule has 0 spiro atoms. The summed E-state index contributed by atoms with van der Waals surface area (Å²) in [7, 11) is 2.18. The van der Waals surface area contributed by atoms with E-state index in [0.717, 1.165) is 25.7 Å². The van der Waals surface area contributed by atoms with Crippen LogP contribution in [0.5, 0.6) is 0 Å². The number of likely N-dealkylation sites (N-methyl/N-ethyl adjacent to an activating group) is 1. The number of hydrogen-bond acceptors (Lipinski definition) is 4. The highest BCUT2D eigenvalue weighted by Gasteiger charge is 2.12. The van der Waals surface area contributed by atoms with Crippen molar-refractivity contribution in [1.82, 2.24) is 15.2 Å². The van der Waals surface area contributed by atoms with Crippen LogP contribution in [0.3, 0.4) is 0 Å². The highest BCUT2D eigenvalue weighted by Crippen LogP contribution is 2.17. The standard InChI is InChI=1S/C14H25N3S/c1-12-16-14(11-18-12)10-17(2)9-8-15-13-6-4-3-5-7-13/h11,13,15H,3-10H2,1-2H3. The Labute approximate surface area is 115 Å². The van der Waals surface area contributed by atoms with Gasteiger partial charge in [0.1, 0.15) is 0 Å². The lowest BCUT2D eigenvalue weighted by Gasteiger charge is -2.24. The van der Waals surface area contributed by atoms with Crippen molar-refractivity contribution in [2.45, 2.75) is 51.6 Å². The molecule has 0 amide bonds. The van der Waals surface area contributed by atoms with Crippen LogP contribution in [0, 0.1) is 6.92 Å². The molecule has 1 N–H and O–H groups in total. The number of rotatable bonds is 6. The summed E-state index contributed by atoms with van der Waals surface area (Å²) in [4.78, 5) is 6.86. The molecule has 3 nitrogen and oxygen atoms in total. The third-order valence-corrected chi connectivity index (χ3v) is 4.45. The molecule has 0 aromatic carbocycles. The molecule has 1 fully saturated rings. The molecule has 18 heavy (non-hydrogen) atoms. The monoisotopic (exact) mass is 267 g/mol. The Balaban J connectivity index is 1.60. The molecule has 2 rings (SSSR count). The molecule has 0 atom stereocenters. The number of aromatic nitrogens is 1. The topological polar surface area (TPSA) is 28.2 Å². The minimum atomic E-state index is 0.772. The Kier molecular flexibility index (Phi) is 5.60. The molecule has 102 valence electrons. The van der Waals surface area contributed by atoms with Crippen LogP contribution in [0.15, 0.2) is 5.38 Å². The van der Waals surface area contributed by atoms with Crippen LogP contribution in [0.2, 0.25) is 0 Å². The second kappa shape index (κ2) is 7.22. The molecular formula is C14H25N3S. The zero-order chi connectivity index (χ0) is 12.8. The summed E-state index contributed by atoms with van der Waals surface area (Å²) in [6, 6.07) is 0.772. The number of nitrogens with one attached hydrogen (secondary N) is 1. The summed E-state index contributed by atoms with van der Waals surface area (Å²) in [6.45, 7) is 5.24. The third kappa shape index (κ3) is 4.67. The molecule has 0 bridgehead atoms. The van der Waals surface area contributed by atoms with Gasteiger partial charge in [0, 0.05) is 31.1 Å². The summed E-state index contributed by atoms with van der Waals surface area (Å²) in [6.07, 6.45) is 6.99. The van der Waals surface area contributed by atoms with Gasteiger partial charge in [-0.1, -0.05) is 19.3 Å². The van der Waals surface area contributed by atoms with E-state index in [1.165, 1.54) is 42.8 Å². The van der Waals surface area contributed by atoms with Gasteiger partial charge in [0.2, 0.25) is 0 Å². The van der Waals surface area contributed by atoms with Crippen LogP contribution >= 0.6 is 11.3 Å². The third-order valence-electron chi connectivity index (χ3n) is 3.63. The molecule has 1 aliphatic carbocycles. The second-order valence-electron chi connectivity index (χ2n) is 5.38. The fraction of sp³-hybridized carbons (Fsp3) is 0.786. The van der Waals surface area contributed by atoms with E-state index < -0.39 is 0 Å². The Hall–Kier alpha value is -0.450. The van der Waals surface area contributed by atoms with Crippen molar-refractivity contribution >= 4 is 11.3 Å². The summed E-state index contributed by atoms with van der Waals surface area (Å²) >= 11 is 1.74. The lowest BCUT2D eigenvalue weighted by Crippen LogP contribution is -2.36. The smallest absolute Gasteiger partial charge is 0.0897 e. The van der Waals surface area contributed by atoms with Crippen molar-refractivity contribution in [1.29, 1.82) is 0 Å². The van der Waals surface area contributed by atoms with Crippen molar-refractivity contribution < 1.29 is 0 Å². The predicted octanol–water partition coefficient (Wildman–Crippen LogP) is 2.81. The van der Waals surface area contributed by atoms with E-state index in [-0.39, 0.29) is 0 Å². The lowest BCUT2D eigenvalue weighted by atomic mass is 9.95. The number of hydrogen-bond donors (Lipinski definition) is 1. The number of nitrogens with zero attached hydrogens (tertiary/aromatic N) is 2. The Bertz CT molecular complexity index is 345. The first-order chi connectivity index (χ1) is 8.74. The van der Waals surface area contributed by atoms with Crippen LogP contribution in [-0.2, 0) is 6.54 Å². The minimum Gasteiger partial charge on any atom is -0.313 e. The normalized spacial score (nSPS) is 17.5. The van der Waals surface area contributed by atoms with E-state index in [1.807, 2.05) is 0 Å². The van der Waals surface area contributed by atoms with Gasteiger partial charge >= 0.3 is 0 Å². The molecule has 1 aromatic heterocycles. The maximum absolute atomic E-state index is 4.51. The minimum absolute atomic E-state index is 0.772. The average molecular weight is 267 g/mol.